The van der Waals surface area contributed by atoms with Crippen molar-refractivity contribution < 1.29 is 5.11 Å². The first-order valence-corrected chi connectivity index (χ1v) is 7.28. The lowest BCUT2D eigenvalue weighted by atomic mass is 10.0. The van der Waals surface area contributed by atoms with Crippen LogP contribution in [-0.4, -0.2) is 11.7 Å². The fourth-order valence-electron chi connectivity index (χ4n) is 2.70. The van der Waals surface area contributed by atoms with E-state index in [4.69, 9.17) is 0 Å². The zero-order valence-electron chi connectivity index (χ0n) is 12.5. The number of nitrogens with zero attached hydrogens (tertiary/aromatic N) is 1. The third-order valence-electron chi connectivity index (χ3n) is 3.76. The lowest BCUT2D eigenvalue weighted by molar-refractivity contribution is 0.456. The fourth-order valence-corrected chi connectivity index (χ4v) is 2.70. The summed E-state index contributed by atoms with van der Waals surface area (Å²) in [6, 6.07) is 16.4. The van der Waals surface area contributed by atoms with Crippen LogP contribution in [0.15, 0.2) is 48.5 Å². The summed E-state index contributed by atoms with van der Waals surface area (Å²) in [7, 11) is 0. The van der Waals surface area contributed by atoms with Gasteiger partial charge in [-0.05, 0) is 38.5 Å². The summed E-state index contributed by atoms with van der Waals surface area (Å²) in [5.74, 6) is 0.380. The number of rotatable bonds is 5. The molecule has 2 aromatic carbocycles. The van der Waals surface area contributed by atoms with Gasteiger partial charge in [-0.3, -0.25) is 0 Å². The van der Waals surface area contributed by atoms with Gasteiger partial charge < -0.3 is 10.0 Å². The number of hydrogen-bond acceptors (Lipinski definition) is 2. The van der Waals surface area contributed by atoms with Crippen molar-refractivity contribution in [1.29, 1.82) is 0 Å². The Morgan fingerprint density at radius 3 is 2.20 bits per heavy atom. The normalized spacial score (nSPS) is 12.2. The second-order valence-corrected chi connectivity index (χ2v) is 5.10. The molecule has 1 N–H and O–H groups in total. The number of benzene rings is 2. The average molecular weight is 269 g/mol. The molecule has 0 aliphatic rings. The van der Waals surface area contributed by atoms with Crippen LogP contribution in [0.5, 0.6) is 5.75 Å². The largest absolute Gasteiger partial charge is 0.508 e. The first-order chi connectivity index (χ1) is 9.67. The van der Waals surface area contributed by atoms with Gasteiger partial charge >= 0.3 is 0 Å². The maximum absolute atomic E-state index is 10.1. The molecule has 0 amide bonds. The highest BCUT2D eigenvalue weighted by Gasteiger charge is 2.20. The Hall–Kier alpha value is -1.96. The van der Waals surface area contributed by atoms with Gasteiger partial charge in [-0.2, -0.15) is 0 Å². The van der Waals surface area contributed by atoms with Crippen LogP contribution in [-0.2, 0) is 0 Å². The molecule has 2 aromatic rings. The van der Waals surface area contributed by atoms with Crippen LogP contribution in [0.25, 0.3) is 0 Å². The van der Waals surface area contributed by atoms with Crippen molar-refractivity contribution in [3.8, 4) is 5.75 Å². The first-order valence-electron chi connectivity index (χ1n) is 7.28. The molecule has 2 heteroatoms. The quantitative estimate of drug-likeness (QED) is 0.852. The van der Waals surface area contributed by atoms with Crippen LogP contribution in [0.2, 0.25) is 0 Å². The summed E-state index contributed by atoms with van der Waals surface area (Å²) in [5.41, 5.74) is 3.46. The van der Waals surface area contributed by atoms with Gasteiger partial charge in [0, 0.05) is 17.8 Å². The second-order valence-electron chi connectivity index (χ2n) is 5.10. The number of para-hydroxylation sites is 1. The van der Waals surface area contributed by atoms with Gasteiger partial charge in [0.1, 0.15) is 5.75 Å². The molecule has 0 aliphatic heterocycles. The Kier molecular flexibility index (Phi) is 4.67. The minimum Gasteiger partial charge on any atom is -0.508 e. The van der Waals surface area contributed by atoms with Gasteiger partial charge in [0.25, 0.3) is 0 Å². The number of phenols is 1. The Balaban J connectivity index is 2.38. The number of aryl methyl sites for hydroxylation is 1. The Bertz CT molecular complexity index is 548. The van der Waals surface area contributed by atoms with Gasteiger partial charge in [-0.1, -0.05) is 42.8 Å². The fraction of sp³-hybridized carbons (Fsp3) is 0.333. The Labute approximate surface area is 121 Å². The standard InChI is InChI=1S/C18H23NO/c1-4-17(16-8-6-7-9-18(16)20)19(5-2)15-12-10-14(3)11-13-15/h6-13,17,20H,4-5H2,1-3H3. The predicted molar refractivity (Wildman–Crippen MR) is 85.3 cm³/mol. The van der Waals surface area contributed by atoms with E-state index in [2.05, 4.69) is 49.9 Å². The molecule has 2 nitrogen and oxygen atoms in total. The topological polar surface area (TPSA) is 23.5 Å². The lowest BCUT2D eigenvalue weighted by Gasteiger charge is -2.33. The highest BCUT2D eigenvalue weighted by molar-refractivity contribution is 5.51. The maximum atomic E-state index is 10.1. The van der Waals surface area contributed by atoms with Crippen LogP contribution in [0.4, 0.5) is 5.69 Å². The monoisotopic (exact) mass is 269 g/mol. The van der Waals surface area contributed by atoms with Crippen molar-refractivity contribution in [2.24, 2.45) is 0 Å². The van der Waals surface area contributed by atoms with Crippen LogP contribution in [0, 0.1) is 6.92 Å². The van der Waals surface area contributed by atoms with E-state index < -0.39 is 0 Å². The summed E-state index contributed by atoms with van der Waals surface area (Å²) < 4.78 is 0. The van der Waals surface area contributed by atoms with E-state index >= 15 is 0 Å². The Morgan fingerprint density at radius 1 is 1.00 bits per heavy atom. The number of hydrogen-bond donors (Lipinski definition) is 1. The highest BCUT2D eigenvalue weighted by Crippen LogP contribution is 2.34. The molecule has 0 aromatic heterocycles. The van der Waals surface area contributed by atoms with E-state index in [9.17, 15) is 5.11 Å². The summed E-state index contributed by atoms with van der Waals surface area (Å²) in [6.45, 7) is 7.33. The third kappa shape index (κ3) is 2.96. The molecular formula is C18H23NO. The van der Waals surface area contributed by atoms with E-state index in [1.165, 1.54) is 11.3 Å². The van der Waals surface area contributed by atoms with Crippen molar-refractivity contribution in [3.05, 3.63) is 59.7 Å². The van der Waals surface area contributed by atoms with E-state index in [-0.39, 0.29) is 6.04 Å². The van der Waals surface area contributed by atoms with Crippen LogP contribution in [0.3, 0.4) is 0 Å². The SMILES string of the molecule is CCC(c1ccccc1O)N(CC)c1ccc(C)cc1. The smallest absolute Gasteiger partial charge is 0.120 e. The molecule has 0 aliphatic carbocycles. The molecule has 1 atom stereocenters. The van der Waals surface area contributed by atoms with Crippen molar-refractivity contribution in [2.45, 2.75) is 33.2 Å². The minimum atomic E-state index is 0.198. The third-order valence-corrected chi connectivity index (χ3v) is 3.76. The summed E-state index contributed by atoms with van der Waals surface area (Å²) in [6.07, 6.45) is 0.958. The summed E-state index contributed by atoms with van der Waals surface area (Å²) in [4.78, 5) is 2.34. The number of anilines is 1. The van der Waals surface area contributed by atoms with Gasteiger partial charge in [0.05, 0.1) is 6.04 Å². The molecule has 0 heterocycles. The molecule has 0 fully saturated rings. The molecular weight excluding hydrogens is 246 g/mol. The molecule has 0 radical (unpaired) electrons. The van der Waals surface area contributed by atoms with Crippen molar-refractivity contribution in [1.82, 2.24) is 0 Å². The summed E-state index contributed by atoms with van der Waals surface area (Å²) >= 11 is 0. The summed E-state index contributed by atoms with van der Waals surface area (Å²) in [5, 5.41) is 10.1. The highest BCUT2D eigenvalue weighted by atomic mass is 16.3. The molecule has 2 rings (SSSR count). The zero-order valence-corrected chi connectivity index (χ0v) is 12.5. The first kappa shape index (κ1) is 14.4. The van der Waals surface area contributed by atoms with E-state index in [0.29, 0.717) is 5.75 Å². The van der Waals surface area contributed by atoms with E-state index in [1.54, 1.807) is 6.07 Å². The molecule has 0 bridgehead atoms. The minimum absolute atomic E-state index is 0.198. The Morgan fingerprint density at radius 2 is 1.65 bits per heavy atom. The molecule has 0 saturated carbocycles. The second kappa shape index (κ2) is 6.47. The molecule has 1 unspecified atom stereocenters. The predicted octanol–water partition coefficient (Wildman–Crippen LogP) is 4.68. The number of aromatic hydroxyl groups is 1. The zero-order chi connectivity index (χ0) is 14.5. The lowest BCUT2D eigenvalue weighted by Crippen LogP contribution is -2.28. The van der Waals surface area contributed by atoms with Crippen molar-refractivity contribution >= 4 is 5.69 Å². The maximum Gasteiger partial charge on any atom is 0.120 e. The van der Waals surface area contributed by atoms with Crippen LogP contribution < -0.4 is 4.90 Å². The van der Waals surface area contributed by atoms with Crippen molar-refractivity contribution in [2.75, 3.05) is 11.4 Å². The molecule has 106 valence electrons. The molecule has 20 heavy (non-hydrogen) atoms. The van der Waals surface area contributed by atoms with Crippen LogP contribution >= 0.6 is 0 Å². The van der Waals surface area contributed by atoms with Gasteiger partial charge in [0.15, 0.2) is 0 Å². The van der Waals surface area contributed by atoms with E-state index in [1.807, 2.05) is 18.2 Å². The van der Waals surface area contributed by atoms with Crippen LogP contribution in [0.1, 0.15) is 37.4 Å². The van der Waals surface area contributed by atoms with Gasteiger partial charge in [-0.15, -0.1) is 0 Å². The molecule has 0 saturated heterocycles. The van der Waals surface area contributed by atoms with Gasteiger partial charge in [0.2, 0.25) is 0 Å². The van der Waals surface area contributed by atoms with E-state index in [0.717, 1.165) is 18.5 Å². The number of phenolic OH excluding ortho intramolecular Hbond substituents is 1. The average Bonchev–Trinajstić information content (AvgIpc) is 2.47. The molecule has 0 spiro atoms. The van der Waals surface area contributed by atoms with Gasteiger partial charge in [-0.25, -0.2) is 0 Å². The van der Waals surface area contributed by atoms with Crippen molar-refractivity contribution in [3.63, 3.8) is 0 Å².